The molecular formula is C13H16ClF3N2O2. The molecule has 1 saturated heterocycles. The molecule has 0 radical (unpaired) electrons. The summed E-state index contributed by atoms with van der Waals surface area (Å²) in [5.74, 6) is 0. The highest BCUT2D eigenvalue weighted by atomic mass is 35.5. The molecule has 1 aliphatic heterocycles. The van der Waals surface area contributed by atoms with Crippen LogP contribution >= 0.6 is 12.4 Å². The summed E-state index contributed by atoms with van der Waals surface area (Å²) in [6.07, 6.45) is -5.77. The lowest BCUT2D eigenvalue weighted by Crippen LogP contribution is -2.60. The Morgan fingerprint density at radius 2 is 2.00 bits per heavy atom. The maximum atomic E-state index is 13.0. The van der Waals surface area contributed by atoms with Crippen LogP contribution in [0.15, 0.2) is 30.3 Å². The summed E-state index contributed by atoms with van der Waals surface area (Å²) in [6, 6.07) is 8.77. The Morgan fingerprint density at radius 3 is 2.52 bits per heavy atom. The molecule has 0 saturated carbocycles. The van der Waals surface area contributed by atoms with Gasteiger partial charge in [-0.1, -0.05) is 30.3 Å². The van der Waals surface area contributed by atoms with Crippen molar-refractivity contribution in [2.75, 3.05) is 13.1 Å². The minimum atomic E-state index is -4.51. The zero-order chi connectivity index (χ0) is 14.6. The topological polar surface area (TPSA) is 50.4 Å². The molecule has 0 aromatic heterocycles. The van der Waals surface area contributed by atoms with Gasteiger partial charge in [0.2, 0.25) is 0 Å². The first kappa shape index (κ1) is 17.6. The van der Waals surface area contributed by atoms with E-state index in [1.807, 2.05) is 5.32 Å². The minimum absolute atomic E-state index is 0. The molecule has 1 unspecified atom stereocenters. The van der Waals surface area contributed by atoms with Crippen molar-refractivity contribution in [2.24, 2.45) is 0 Å². The largest absolute Gasteiger partial charge is 0.445 e. The molecule has 0 bridgehead atoms. The van der Waals surface area contributed by atoms with E-state index in [2.05, 4.69) is 5.32 Å². The van der Waals surface area contributed by atoms with Crippen LogP contribution < -0.4 is 10.6 Å². The number of carbonyl (C=O) groups excluding carboxylic acids is 1. The lowest BCUT2D eigenvalue weighted by molar-refractivity contribution is -0.188. The van der Waals surface area contributed by atoms with Gasteiger partial charge >= 0.3 is 12.3 Å². The molecule has 2 N–H and O–H groups in total. The zero-order valence-electron chi connectivity index (χ0n) is 11.1. The third-order valence-corrected chi connectivity index (χ3v) is 3.25. The van der Waals surface area contributed by atoms with Gasteiger partial charge in [-0.2, -0.15) is 13.2 Å². The Labute approximate surface area is 126 Å². The van der Waals surface area contributed by atoms with Crippen molar-refractivity contribution in [1.29, 1.82) is 0 Å². The normalized spacial score (nSPS) is 21.5. The summed E-state index contributed by atoms with van der Waals surface area (Å²) < 4.78 is 43.9. The standard InChI is InChI=1S/C13H15F3N2O2.ClH/c14-13(15,16)12(6-7-17-9-12)18-11(19)20-8-10-4-2-1-3-5-10;/h1-5,17H,6-9H2,(H,18,19);1H. The van der Waals surface area contributed by atoms with Crippen molar-refractivity contribution in [3.63, 3.8) is 0 Å². The fourth-order valence-corrected chi connectivity index (χ4v) is 2.07. The summed E-state index contributed by atoms with van der Waals surface area (Å²) in [5, 5.41) is 4.56. The van der Waals surface area contributed by atoms with E-state index in [1.165, 1.54) is 0 Å². The van der Waals surface area contributed by atoms with Crippen LogP contribution in [0.5, 0.6) is 0 Å². The molecule has 1 aliphatic rings. The molecule has 1 atom stereocenters. The van der Waals surface area contributed by atoms with Gasteiger partial charge in [0, 0.05) is 6.54 Å². The number of alkyl halides is 3. The van der Waals surface area contributed by atoms with E-state index >= 15 is 0 Å². The Bertz CT molecular complexity index is 462. The van der Waals surface area contributed by atoms with Gasteiger partial charge in [0.05, 0.1) is 0 Å². The fraction of sp³-hybridized carbons (Fsp3) is 0.462. The summed E-state index contributed by atoms with van der Waals surface area (Å²) in [6.45, 7) is -0.191. The van der Waals surface area contributed by atoms with Crippen LogP contribution in [0.1, 0.15) is 12.0 Å². The number of alkyl carbamates (subject to hydrolysis) is 1. The van der Waals surface area contributed by atoms with Crippen molar-refractivity contribution < 1.29 is 22.7 Å². The maximum Gasteiger partial charge on any atom is 0.412 e. The number of hydrogen-bond acceptors (Lipinski definition) is 3. The van der Waals surface area contributed by atoms with Crippen molar-refractivity contribution in [1.82, 2.24) is 10.6 Å². The van der Waals surface area contributed by atoms with Gasteiger partial charge in [0.15, 0.2) is 5.54 Å². The highest BCUT2D eigenvalue weighted by Crippen LogP contribution is 2.35. The Morgan fingerprint density at radius 1 is 1.33 bits per heavy atom. The van der Waals surface area contributed by atoms with Crippen LogP contribution in [0, 0.1) is 0 Å². The van der Waals surface area contributed by atoms with Crippen LogP contribution in [0.4, 0.5) is 18.0 Å². The first-order chi connectivity index (χ1) is 9.43. The summed E-state index contributed by atoms with van der Waals surface area (Å²) >= 11 is 0. The van der Waals surface area contributed by atoms with Gasteiger partial charge < -0.3 is 15.4 Å². The Balaban J connectivity index is 0.00000220. The predicted octanol–water partition coefficient (Wildman–Crippen LogP) is 2.63. The van der Waals surface area contributed by atoms with Crippen LogP contribution in [0.3, 0.4) is 0 Å². The predicted molar refractivity (Wildman–Crippen MR) is 73.3 cm³/mol. The Kier molecular flexibility index (Phi) is 5.86. The average Bonchev–Trinajstić information content (AvgIpc) is 2.87. The van der Waals surface area contributed by atoms with E-state index in [4.69, 9.17) is 4.74 Å². The highest BCUT2D eigenvalue weighted by Gasteiger charge is 2.57. The molecule has 4 nitrogen and oxygen atoms in total. The number of carbonyl (C=O) groups is 1. The Hall–Kier alpha value is -1.47. The average molecular weight is 325 g/mol. The van der Waals surface area contributed by atoms with E-state index in [0.29, 0.717) is 5.56 Å². The van der Waals surface area contributed by atoms with Gasteiger partial charge in [0.25, 0.3) is 0 Å². The molecule has 0 spiro atoms. The van der Waals surface area contributed by atoms with Gasteiger partial charge in [-0.3, -0.25) is 0 Å². The number of halogens is 4. The lowest BCUT2D eigenvalue weighted by Gasteiger charge is -2.31. The molecule has 1 aromatic carbocycles. The van der Waals surface area contributed by atoms with Gasteiger partial charge in [-0.05, 0) is 18.5 Å². The molecule has 1 aromatic rings. The second kappa shape index (κ2) is 7.00. The molecule has 2 rings (SSSR count). The first-order valence-electron chi connectivity index (χ1n) is 6.19. The van der Waals surface area contributed by atoms with Gasteiger partial charge in [-0.25, -0.2) is 4.79 Å². The van der Waals surface area contributed by atoms with Crippen molar-refractivity contribution >= 4 is 18.5 Å². The first-order valence-corrected chi connectivity index (χ1v) is 6.19. The number of nitrogens with one attached hydrogen (secondary N) is 2. The summed E-state index contributed by atoms with van der Waals surface area (Å²) in [5.41, 5.74) is -1.52. The van der Waals surface area contributed by atoms with Crippen LogP contribution in [-0.2, 0) is 11.3 Å². The number of hydrogen-bond donors (Lipinski definition) is 2. The zero-order valence-corrected chi connectivity index (χ0v) is 11.9. The molecule has 0 aliphatic carbocycles. The summed E-state index contributed by atoms with van der Waals surface area (Å²) in [4.78, 5) is 11.6. The SMILES string of the molecule is Cl.O=C(NC1(C(F)(F)F)CCNC1)OCc1ccccc1. The molecule has 1 fully saturated rings. The number of benzene rings is 1. The minimum Gasteiger partial charge on any atom is -0.445 e. The van der Waals surface area contributed by atoms with Crippen LogP contribution in [0.25, 0.3) is 0 Å². The third kappa shape index (κ3) is 4.25. The second-order valence-electron chi connectivity index (χ2n) is 4.69. The van der Waals surface area contributed by atoms with E-state index in [1.54, 1.807) is 30.3 Å². The second-order valence-corrected chi connectivity index (χ2v) is 4.69. The van der Waals surface area contributed by atoms with Crippen LogP contribution in [0.2, 0.25) is 0 Å². The molecule has 21 heavy (non-hydrogen) atoms. The fourth-order valence-electron chi connectivity index (χ4n) is 2.07. The molecule has 8 heteroatoms. The van der Waals surface area contributed by atoms with E-state index in [-0.39, 0.29) is 38.5 Å². The maximum absolute atomic E-state index is 13.0. The molecule has 1 heterocycles. The van der Waals surface area contributed by atoms with Crippen molar-refractivity contribution in [3.05, 3.63) is 35.9 Å². The summed E-state index contributed by atoms with van der Waals surface area (Å²) in [7, 11) is 0. The third-order valence-electron chi connectivity index (χ3n) is 3.25. The quantitative estimate of drug-likeness (QED) is 0.898. The van der Waals surface area contributed by atoms with E-state index in [0.717, 1.165) is 0 Å². The molecule has 1 amide bonds. The number of amides is 1. The molecule has 118 valence electrons. The monoisotopic (exact) mass is 324 g/mol. The van der Waals surface area contributed by atoms with Crippen molar-refractivity contribution in [2.45, 2.75) is 24.7 Å². The number of rotatable bonds is 3. The van der Waals surface area contributed by atoms with E-state index < -0.39 is 17.8 Å². The lowest BCUT2D eigenvalue weighted by atomic mass is 9.98. The van der Waals surface area contributed by atoms with Gasteiger partial charge in [0.1, 0.15) is 6.61 Å². The molecular weight excluding hydrogens is 309 g/mol. The van der Waals surface area contributed by atoms with E-state index in [9.17, 15) is 18.0 Å². The number of ether oxygens (including phenoxy) is 1. The van der Waals surface area contributed by atoms with Crippen LogP contribution in [-0.4, -0.2) is 30.9 Å². The van der Waals surface area contributed by atoms with Crippen molar-refractivity contribution in [3.8, 4) is 0 Å². The smallest absolute Gasteiger partial charge is 0.412 e. The van der Waals surface area contributed by atoms with Gasteiger partial charge in [-0.15, -0.1) is 12.4 Å². The highest BCUT2D eigenvalue weighted by molar-refractivity contribution is 5.85.